The number of aromatic amines is 1. The zero-order chi connectivity index (χ0) is 25.2. The van der Waals surface area contributed by atoms with Crippen LogP contribution in [0.5, 0.6) is 11.5 Å². The molecule has 1 N–H and O–H groups in total. The zero-order valence-electron chi connectivity index (χ0n) is 20.7. The van der Waals surface area contributed by atoms with Crippen LogP contribution in [0, 0.1) is 0 Å². The average molecular weight is 491 g/mol. The summed E-state index contributed by atoms with van der Waals surface area (Å²) in [5, 5.41) is 0. The molecule has 0 atom stereocenters. The van der Waals surface area contributed by atoms with Crippen molar-refractivity contribution in [1.29, 1.82) is 0 Å². The molecule has 0 bridgehead atoms. The average Bonchev–Trinajstić information content (AvgIpc) is 3.31. The van der Waals surface area contributed by atoms with Crippen LogP contribution < -0.4 is 30.5 Å². The van der Waals surface area contributed by atoms with Gasteiger partial charge in [0.2, 0.25) is 5.95 Å². The minimum absolute atomic E-state index is 0.395. The molecule has 0 aliphatic carbocycles. The molecule has 5 rings (SSSR count). The van der Waals surface area contributed by atoms with Crippen molar-refractivity contribution in [3.63, 3.8) is 0 Å². The molecule has 188 valence electrons. The SMILES string of the molecule is COc1ccc(CCn2c(N3CCN(c4ccc(OC)cc4)CC3)nc3c2c(=O)[nH]c(=O)n3C)cc1. The molecule has 4 aromatic rings. The Morgan fingerprint density at radius 1 is 0.861 bits per heavy atom. The first-order chi connectivity index (χ1) is 17.5. The van der Waals surface area contributed by atoms with E-state index in [1.807, 2.05) is 41.0 Å². The molecule has 0 amide bonds. The van der Waals surface area contributed by atoms with Crippen LogP contribution in [0.2, 0.25) is 0 Å². The number of H-pyrrole nitrogens is 1. The predicted octanol–water partition coefficient (Wildman–Crippen LogP) is 2.01. The van der Waals surface area contributed by atoms with Gasteiger partial charge in [-0.3, -0.25) is 14.3 Å². The number of anilines is 2. The number of fused-ring (bicyclic) bond motifs is 1. The molecule has 3 heterocycles. The lowest BCUT2D eigenvalue weighted by Gasteiger charge is -2.36. The first-order valence-corrected chi connectivity index (χ1v) is 11.9. The fourth-order valence-corrected chi connectivity index (χ4v) is 4.67. The summed E-state index contributed by atoms with van der Waals surface area (Å²) in [6.07, 6.45) is 0.705. The molecule has 1 aliphatic rings. The van der Waals surface area contributed by atoms with Crippen LogP contribution in [-0.2, 0) is 20.0 Å². The van der Waals surface area contributed by atoms with E-state index >= 15 is 0 Å². The molecule has 1 fully saturated rings. The van der Waals surface area contributed by atoms with Gasteiger partial charge in [-0.1, -0.05) is 12.1 Å². The highest BCUT2D eigenvalue weighted by Gasteiger charge is 2.25. The summed E-state index contributed by atoms with van der Waals surface area (Å²) in [5.74, 6) is 2.34. The Hall–Kier alpha value is -4.21. The minimum Gasteiger partial charge on any atom is -0.497 e. The van der Waals surface area contributed by atoms with Crippen LogP contribution >= 0.6 is 0 Å². The van der Waals surface area contributed by atoms with E-state index in [0.717, 1.165) is 48.9 Å². The van der Waals surface area contributed by atoms with Gasteiger partial charge < -0.3 is 23.8 Å². The number of benzene rings is 2. The van der Waals surface area contributed by atoms with Crippen molar-refractivity contribution in [3.8, 4) is 11.5 Å². The van der Waals surface area contributed by atoms with E-state index in [-0.39, 0.29) is 0 Å². The molecular weight excluding hydrogens is 460 g/mol. The first kappa shape index (κ1) is 23.5. The third-order valence-corrected chi connectivity index (χ3v) is 6.77. The summed E-state index contributed by atoms with van der Waals surface area (Å²) in [4.78, 5) is 36.9. The van der Waals surface area contributed by atoms with Gasteiger partial charge >= 0.3 is 5.69 Å². The van der Waals surface area contributed by atoms with Crippen molar-refractivity contribution in [1.82, 2.24) is 19.1 Å². The topological polar surface area (TPSA) is 97.6 Å². The van der Waals surface area contributed by atoms with Crippen molar-refractivity contribution in [2.24, 2.45) is 7.05 Å². The van der Waals surface area contributed by atoms with Crippen LogP contribution in [0.25, 0.3) is 11.2 Å². The first-order valence-electron chi connectivity index (χ1n) is 11.9. The predicted molar refractivity (Wildman–Crippen MR) is 140 cm³/mol. The van der Waals surface area contributed by atoms with Crippen molar-refractivity contribution in [2.45, 2.75) is 13.0 Å². The normalized spacial score (nSPS) is 13.9. The van der Waals surface area contributed by atoms with E-state index in [1.54, 1.807) is 21.3 Å². The smallest absolute Gasteiger partial charge is 0.329 e. The lowest BCUT2D eigenvalue weighted by molar-refractivity contribution is 0.414. The van der Waals surface area contributed by atoms with Crippen LogP contribution in [0.15, 0.2) is 58.1 Å². The number of aryl methyl sites for hydroxylation is 3. The number of imidazole rings is 1. The quantitative estimate of drug-likeness (QED) is 0.423. The van der Waals surface area contributed by atoms with Gasteiger partial charge in [0.15, 0.2) is 11.2 Å². The Morgan fingerprint density at radius 2 is 1.44 bits per heavy atom. The summed E-state index contributed by atoms with van der Waals surface area (Å²) in [6, 6.07) is 16.0. The van der Waals surface area contributed by atoms with Crippen LogP contribution in [0.1, 0.15) is 5.56 Å². The maximum Gasteiger partial charge on any atom is 0.329 e. The Balaban J connectivity index is 1.43. The van der Waals surface area contributed by atoms with Gasteiger partial charge in [-0.2, -0.15) is 4.98 Å². The summed E-state index contributed by atoms with van der Waals surface area (Å²) < 4.78 is 13.9. The zero-order valence-corrected chi connectivity index (χ0v) is 20.7. The maximum absolute atomic E-state index is 12.9. The standard InChI is InChI=1S/C26H30N6O4/c1-29-23-22(24(33)28-26(29)34)32(13-12-18-4-8-20(35-2)9-5-18)25(27-23)31-16-14-30(15-17-31)19-6-10-21(36-3)11-7-19/h4-11H,12-17H2,1-3H3,(H,28,33,34). The van der Waals surface area contributed by atoms with Crippen molar-refractivity contribution in [2.75, 3.05) is 50.2 Å². The molecule has 0 radical (unpaired) electrons. The minimum atomic E-state index is -0.469. The molecule has 1 saturated heterocycles. The van der Waals surface area contributed by atoms with Gasteiger partial charge in [-0.05, 0) is 48.4 Å². The summed E-state index contributed by atoms with van der Waals surface area (Å²) in [7, 11) is 4.94. The van der Waals surface area contributed by atoms with Gasteiger partial charge in [-0.25, -0.2) is 4.79 Å². The molecule has 1 aliphatic heterocycles. The number of hydrogen-bond donors (Lipinski definition) is 1. The molecular formula is C26H30N6O4. The lowest BCUT2D eigenvalue weighted by atomic mass is 10.1. The fourth-order valence-electron chi connectivity index (χ4n) is 4.67. The van der Waals surface area contributed by atoms with E-state index in [4.69, 9.17) is 14.5 Å². The molecule has 0 spiro atoms. The van der Waals surface area contributed by atoms with E-state index in [0.29, 0.717) is 30.1 Å². The van der Waals surface area contributed by atoms with Crippen LogP contribution in [0.3, 0.4) is 0 Å². The van der Waals surface area contributed by atoms with Crippen LogP contribution in [0.4, 0.5) is 11.6 Å². The third-order valence-electron chi connectivity index (χ3n) is 6.77. The second kappa shape index (κ2) is 9.80. The molecule has 10 heteroatoms. The highest BCUT2D eigenvalue weighted by atomic mass is 16.5. The fraction of sp³-hybridized carbons (Fsp3) is 0.346. The van der Waals surface area contributed by atoms with E-state index < -0.39 is 11.2 Å². The highest BCUT2D eigenvalue weighted by molar-refractivity contribution is 5.74. The number of rotatable bonds is 7. The number of piperazine rings is 1. The van der Waals surface area contributed by atoms with E-state index in [2.05, 4.69) is 26.9 Å². The lowest BCUT2D eigenvalue weighted by Crippen LogP contribution is -2.47. The Bertz CT molecular complexity index is 1460. The number of nitrogens with zero attached hydrogens (tertiary/aromatic N) is 5. The summed E-state index contributed by atoms with van der Waals surface area (Å²) in [5.41, 5.74) is 2.18. The summed E-state index contributed by atoms with van der Waals surface area (Å²) >= 11 is 0. The molecule has 0 saturated carbocycles. The number of aromatic nitrogens is 4. The highest BCUT2D eigenvalue weighted by Crippen LogP contribution is 2.25. The number of methoxy groups -OCH3 is 2. The van der Waals surface area contributed by atoms with Gasteiger partial charge in [0.1, 0.15) is 11.5 Å². The Morgan fingerprint density at radius 3 is 2.06 bits per heavy atom. The largest absolute Gasteiger partial charge is 0.497 e. The second-order valence-corrected chi connectivity index (χ2v) is 8.82. The van der Waals surface area contributed by atoms with Crippen LogP contribution in [-0.4, -0.2) is 59.5 Å². The van der Waals surface area contributed by atoms with Crippen molar-refractivity contribution in [3.05, 3.63) is 74.9 Å². The monoisotopic (exact) mass is 490 g/mol. The molecule has 36 heavy (non-hydrogen) atoms. The van der Waals surface area contributed by atoms with E-state index in [1.165, 1.54) is 4.57 Å². The second-order valence-electron chi connectivity index (χ2n) is 8.82. The van der Waals surface area contributed by atoms with Gasteiger partial charge in [0, 0.05) is 45.5 Å². The number of ether oxygens (including phenoxy) is 2. The van der Waals surface area contributed by atoms with Crippen molar-refractivity contribution < 1.29 is 9.47 Å². The maximum atomic E-state index is 12.9. The summed E-state index contributed by atoms with van der Waals surface area (Å²) in [6.45, 7) is 3.65. The van der Waals surface area contributed by atoms with E-state index in [9.17, 15) is 9.59 Å². The van der Waals surface area contributed by atoms with Gasteiger partial charge in [-0.15, -0.1) is 0 Å². The Labute approximate surface area is 208 Å². The van der Waals surface area contributed by atoms with Gasteiger partial charge in [0.05, 0.1) is 14.2 Å². The molecule has 10 nitrogen and oxygen atoms in total. The number of nitrogens with one attached hydrogen (secondary N) is 1. The molecule has 0 unspecified atom stereocenters. The molecule has 2 aromatic heterocycles. The van der Waals surface area contributed by atoms with Gasteiger partial charge in [0.25, 0.3) is 5.56 Å². The molecule has 2 aromatic carbocycles. The number of hydrogen-bond acceptors (Lipinski definition) is 7. The third kappa shape index (κ3) is 4.41. The van der Waals surface area contributed by atoms with Crippen molar-refractivity contribution >= 4 is 22.8 Å². The Kier molecular flexibility index (Phi) is 6.41.